The Bertz CT molecular complexity index is 757. The maximum atomic E-state index is 12.9. The third kappa shape index (κ3) is 5.01. The molecule has 1 amide bonds. The van der Waals surface area contributed by atoms with Gasteiger partial charge in [-0.15, -0.1) is 0 Å². The lowest BCUT2D eigenvalue weighted by atomic mass is 10.1. The van der Waals surface area contributed by atoms with Gasteiger partial charge in [0.1, 0.15) is 12.4 Å². The number of methoxy groups -OCH3 is 1. The fourth-order valence-electron chi connectivity index (χ4n) is 3.42. The van der Waals surface area contributed by atoms with E-state index in [1.54, 1.807) is 18.1 Å². The van der Waals surface area contributed by atoms with E-state index in [0.29, 0.717) is 31.1 Å². The summed E-state index contributed by atoms with van der Waals surface area (Å²) in [6, 6.07) is 15.7. The van der Waals surface area contributed by atoms with Crippen LogP contribution in [0.5, 0.6) is 5.75 Å². The van der Waals surface area contributed by atoms with E-state index >= 15 is 0 Å². The van der Waals surface area contributed by atoms with Crippen LogP contribution in [0.25, 0.3) is 0 Å². The molecule has 0 bridgehead atoms. The number of carbonyl (C=O) groups is 1. The van der Waals surface area contributed by atoms with Crippen LogP contribution in [0, 0.1) is 0 Å². The maximum absolute atomic E-state index is 12.9. The van der Waals surface area contributed by atoms with Gasteiger partial charge >= 0.3 is 0 Å². The normalized spacial score (nSPS) is 13.6. The van der Waals surface area contributed by atoms with Gasteiger partial charge in [0.25, 0.3) is 5.91 Å². The summed E-state index contributed by atoms with van der Waals surface area (Å²) >= 11 is 0. The molecule has 2 aromatic rings. The van der Waals surface area contributed by atoms with Gasteiger partial charge in [0.2, 0.25) is 0 Å². The van der Waals surface area contributed by atoms with Crippen LogP contribution in [-0.2, 0) is 11.3 Å². The van der Waals surface area contributed by atoms with Crippen LogP contribution in [0.3, 0.4) is 0 Å². The molecule has 0 spiro atoms. The molecule has 144 valence electrons. The highest BCUT2D eigenvalue weighted by atomic mass is 16.5. The first-order chi connectivity index (χ1) is 13.2. The molecule has 27 heavy (non-hydrogen) atoms. The summed E-state index contributed by atoms with van der Waals surface area (Å²) in [5.74, 6) is 0.673. The molecule has 1 aliphatic rings. The predicted molar refractivity (Wildman–Crippen MR) is 107 cm³/mol. The molecule has 1 saturated heterocycles. The number of benzene rings is 2. The average Bonchev–Trinajstić information content (AvgIpc) is 3.23. The third-order valence-electron chi connectivity index (χ3n) is 4.83. The van der Waals surface area contributed by atoms with E-state index < -0.39 is 0 Å². The molecule has 0 radical (unpaired) electrons. The minimum absolute atomic E-state index is 0.0107. The lowest BCUT2D eigenvalue weighted by molar-refractivity contribution is 0.0784. The van der Waals surface area contributed by atoms with Crippen molar-refractivity contribution in [1.29, 1.82) is 0 Å². The molecule has 2 aromatic carbocycles. The number of amides is 1. The van der Waals surface area contributed by atoms with Crippen molar-refractivity contribution >= 4 is 11.6 Å². The van der Waals surface area contributed by atoms with Gasteiger partial charge in [0.05, 0.1) is 6.61 Å². The molecule has 0 atom stereocenters. The van der Waals surface area contributed by atoms with Gasteiger partial charge in [-0.3, -0.25) is 4.79 Å². The van der Waals surface area contributed by atoms with Crippen molar-refractivity contribution < 1.29 is 14.3 Å². The first-order valence-electron chi connectivity index (χ1n) is 9.49. The van der Waals surface area contributed by atoms with Gasteiger partial charge in [-0.1, -0.05) is 24.3 Å². The summed E-state index contributed by atoms with van der Waals surface area (Å²) in [5.41, 5.74) is 3.06. The van der Waals surface area contributed by atoms with Crippen molar-refractivity contribution in [1.82, 2.24) is 4.90 Å². The zero-order valence-electron chi connectivity index (χ0n) is 16.2. The first-order valence-corrected chi connectivity index (χ1v) is 9.49. The Morgan fingerprint density at radius 3 is 2.63 bits per heavy atom. The highest BCUT2D eigenvalue weighted by Crippen LogP contribution is 2.26. The SMILES string of the molecule is COCCOc1cccc(C(=O)N(C)Cc2ccccc2N2CCCC2)c1. The van der Waals surface area contributed by atoms with Gasteiger partial charge in [0, 0.05) is 45.0 Å². The number of anilines is 1. The van der Waals surface area contributed by atoms with Gasteiger partial charge < -0.3 is 19.3 Å². The molecule has 0 aliphatic carbocycles. The van der Waals surface area contributed by atoms with Gasteiger partial charge in [-0.25, -0.2) is 0 Å². The first kappa shape index (κ1) is 19.2. The molecular formula is C22H28N2O3. The number of hydrogen-bond donors (Lipinski definition) is 0. The summed E-state index contributed by atoms with van der Waals surface area (Å²) in [6.45, 7) is 3.75. The van der Waals surface area contributed by atoms with E-state index in [1.807, 2.05) is 31.3 Å². The van der Waals surface area contributed by atoms with Gasteiger partial charge in [-0.05, 0) is 42.7 Å². The Kier molecular flexibility index (Phi) is 6.71. The Hall–Kier alpha value is -2.53. The quantitative estimate of drug-likeness (QED) is 0.668. The van der Waals surface area contributed by atoms with Gasteiger partial charge in [0.15, 0.2) is 0 Å². The van der Waals surface area contributed by atoms with Crippen molar-refractivity contribution in [2.75, 3.05) is 45.4 Å². The zero-order chi connectivity index (χ0) is 19.1. The summed E-state index contributed by atoms with van der Waals surface area (Å²) < 4.78 is 10.6. The highest BCUT2D eigenvalue weighted by Gasteiger charge is 2.18. The van der Waals surface area contributed by atoms with E-state index in [0.717, 1.165) is 13.1 Å². The molecule has 0 N–H and O–H groups in total. The van der Waals surface area contributed by atoms with Crippen molar-refractivity contribution in [2.24, 2.45) is 0 Å². The summed E-state index contributed by atoms with van der Waals surface area (Å²) in [6.07, 6.45) is 2.47. The molecule has 0 unspecified atom stereocenters. The second kappa shape index (κ2) is 9.42. The van der Waals surface area contributed by atoms with Crippen molar-refractivity contribution in [3.05, 3.63) is 59.7 Å². The molecule has 0 aromatic heterocycles. The van der Waals surface area contributed by atoms with E-state index in [1.165, 1.54) is 24.1 Å². The summed E-state index contributed by atoms with van der Waals surface area (Å²) in [5, 5.41) is 0. The standard InChI is InChI=1S/C22H28N2O3/c1-23(17-19-8-3-4-11-21(19)24-12-5-6-13-24)22(25)18-9-7-10-20(16-18)27-15-14-26-2/h3-4,7-11,16H,5-6,12-15,17H2,1-2H3. The number of nitrogens with zero attached hydrogens (tertiary/aromatic N) is 2. The van der Waals surface area contributed by atoms with E-state index in [4.69, 9.17) is 9.47 Å². The lowest BCUT2D eigenvalue weighted by Gasteiger charge is -2.24. The number of hydrogen-bond acceptors (Lipinski definition) is 4. The molecule has 1 heterocycles. The Labute approximate surface area is 161 Å². The maximum Gasteiger partial charge on any atom is 0.254 e. The van der Waals surface area contributed by atoms with Crippen LogP contribution >= 0.6 is 0 Å². The molecule has 3 rings (SSSR count). The molecule has 1 aliphatic heterocycles. The zero-order valence-corrected chi connectivity index (χ0v) is 16.2. The minimum Gasteiger partial charge on any atom is -0.491 e. The van der Waals surface area contributed by atoms with Crippen molar-refractivity contribution in [2.45, 2.75) is 19.4 Å². The molecule has 5 heteroatoms. The average molecular weight is 368 g/mol. The van der Waals surface area contributed by atoms with Crippen LogP contribution in [0.4, 0.5) is 5.69 Å². The van der Waals surface area contributed by atoms with E-state index in [-0.39, 0.29) is 5.91 Å². The second-order valence-electron chi connectivity index (χ2n) is 6.85. The topological polar surface area (TPSA) is 42.0 Å². The van der Waals surface area contributed by atoms with Crippen LogP contribution < -0.4 is 9.64 Å². The number of rotatable bonds is 8. The second-order valence-corrected chi connectivity index (χ2v) is 6.85. The minimum atomic E-state index is -0.0107. The Balaban J connectivity index is 1.69. The largest absolute Gasteiger partial charge is 0.491 e. The fourth-order valence-corrected chi connectivity index (χ4v) is 3.42. The Morgan fingerprint density at radius 1 is 1.07 bits per heavy atom. The molecule has 0 saturated carbocycles. The summed E-state index contributed by atoms with van der Waals surface area (Å²) in [7, 11) is 3.49. The summed E-state index contributed by atoms with van der Waals surface area (Å²) in [4.78, 5) is 17.1. The number of carbonyl (C=O) groups excluding carboxylic acids is 1. The molecule has 1 fully saturated rings. The predicted octanol–water partition coefficient (Wildman–Crippen LogP) is 3.58. The lowest BCUT2D eigenvalue weighted by Crippen LogP contribution is -2.28. The fraction of sp³-hybridized carbons (Fsp3) is 0.409. The van der Waals surface area contributed by atoms with Crippen LogP contribution in [0.1, 0.15) is 28.8 Å². The number of para-hydroxylation sites is 1. The van der Waals surface area contributed by atoms with Crippen LogP contribution in [0.2, 0.25) is 0 Å². The Morgan fingerprint density at radius 2 is 1.85 bits per heavy atom. The monoisotopic (exact) mass is 368 g/mol. The van der Waals surface area contributed by atoms with Crippen molar-refractivity contribution in [3.8, 4) is 5.75 Å². The van der Waals surface area contributed by atoms with Crippen molar-refractivity contribution in [3.63, 3.8) is 0 Å². The van der Waals surface area contributed by atoms with Gasteiger partial charge in [-0.2, -0.15) is 0 Å². The molecule has 5 nitrogen and oxygen atoms in total. The van der Waals surface area contributed by atoms with Crippen LogP contribution in [0.15, 0.2) is 48.5 Å². The smallest absolute Gasteiger partial charge is 0.254 e. The third-order valence-corrected chi connectivity index (χ3v) is 4.83. The number of ether oxygens (including phenoxy) is 2. The molecular weight excluding hydrogens is 340 g/mol. The van der Waals surface area contributed by atoms with E-state index in [9.17, 15) is 4.79 Å². The highest BCUT2D eigenvalue weighted by molar-refractivity contribution is 5.94. The van der Waals surface area contributed by atoms with Crippen LogP contribution in [-0.4, -0.2) is 51.3 Å². The van der Waals surface area contributed by atoms with E-state index in [2.05, 4.69) is 23.1 Å².